The SMILES string of the molecule is O=C(O)[C@@H](c1ccccc1)n1cc2ccc(Br)c(Cl)c2n1. The van der Waals surface area contributed by atoms with Crippen LogP contribution in [0.25, 0.3) is 10.9 Å². The van der Waals surface area contributed by atoms with E-state index in [1.165, 1.54) is 4.68 Å². The Morgan fingerprint density at radius 1 is 1.24 bits per heavy atom. The third-order valence-corrected chi connectivity index (χ3v) is 4.47. The monoisotopic (exact) mass is 364 g/mol. The van der Waals surface area contributed by atoms with Crippen LogP contribution in [-0.2, 0) is 4.79 Å². The summed E-state index contributed by atoms with van der Waals surface area (Å²) in [7, 11) is 0. The Morgan fingerprint density at radius 3 is 2.62 bits per heavy atom. The van der Waals surface area contributed by atoms with Gasteiger partial charge in [-0.25, -0.2) is 4.79 Å². The summed E-state index contributed by atoms with van der Waals surface area (Å²) in [5, 5.41) is 15.1. The van der Waals surface area contributed by atoms with Gasteiger partial charge in [0.2, 0.25) is 0 Å². The standard InChI is InChI=1S/C15H10BrClN2O2/c16-11-7-6-10-8-19(18-13(10)12(11)17)14(15(20)21)9-4-2-1-3-5-9/h1-8,14H,(H,20,21)/t14-/m1/s1. The van der Waals surface area contributed by atoms with Crippen molar-refractivity contribution < 1.29 is 9.90 Å². The van der Waals surface area contributed by atoms with Gasteiger partial charge in [0.15, 0.2) is 6.04 Å². The number of benzene rings is 2. The van der Waals surface area contributed by atoms with Crippen molar-refractivity contribution in [1.82, 2.24) is 9.78 Å². The summed E-state index contributed by atoms with van der Waals surface area (Å²) in [6, 6.07) is 11.8. The largest absolute Gasteiger partial charge is 0.479 e. The zero-order valence-corrected chi connectivity index (χ0v) is 13.0. The van der Waals surface area contributed by atoms with Crippen molar-refractivity contribution in [3.63, 3.8) is 0 Å². The van der Waals surface area contributed by atoms with Gasteiger partial charge >= 0.3 is 5.97 Å². The molecule has 0 saturated heterocycles. The van der Waals surface area contributed by atoms with E-state index >= 15 is 0 Å². The molecule has 2 aromatic carbocycles. The highest BCUT2D eigenvalue weighted by molar-refractivity contribution is 9.10. The molecule has 3 aromatic rings. The Balaban J connectivity index is 2.17. The first-order valence-electron chi connectivity index (χ1n) is 6.18. The van der Waals surface area contributed by atoms with Gasteiger partial charge in [0.25, 0.3) is 0 Å². The van der Waals surface area contributed by atoms with E-state index in [0.29, 0.717) is 16.1 Å². The van der Waals surface area contributed by atoms with Crippen LogP contribution in [0.4, 0.5) is 0 Å². The molecule has 0 unspecified atom stereocenters. The number of halogens is 2. The fourth-order valence-electron chi connectivity index (χ4n) is 2.22. The van der Waals surface area contributed by atoms with Crippen LogP contribution >= 0.6 is 27.5 Å². The normalized spacial score (nSPS) is 12.5. The van der Waals surface area contributed by atoms with Crippen molar-refractivity contribution in [3.05, 3.63) is 63.7 Å². The Labute approximate surface area is 134 Å². The van der Waals surface area contributed by atoms with E-state index in [1.807, 2.05) is 18.2 Å². The minimum atomic E-state index is -0.968. The van der Waals surface area contributed by atoms with Crippen molar-refractivity contribution >= 4 is 44.4 Å². The molecule has 4 nitrogen and oxygen atoms in total. The first-order chi connectivity index (χ1) is 10.1. The lowest BCUT2D eigenvalue weighted by molar-refractivity contribution is -0.139. The number of carboxylic acid groups (broad SMARTS) is 1. The van der Waals surface area contributed by atoms with Gasteiger partial charge in [0, 0.05) is 16.1 Å². The highest BCUT2D eigenvalue weighted by Crippen LogP contribution is 2.31. The van der Waals surface area contributed by atoms with Crippen molar-refractivity contribution in [2.24, 2.45) is 0 Å². The van der Waals surface area contributed by atoms with E-state index in [0.717, 1.165) is 9.86 Å². The molecular formula is C15H10BrClN2O2. The number of aromatic nitrogens is 2. The number of rotatable bonds is 3. The van der Waals surface area contributed by atoms with Gasteiger partial charge in [-0.15, -0.1) is 0 Å². The van der Waals surface area contributed by atoms with Gasteiger partial charge in [0.05, 0.1) is 5.02 Å². The van der Waals surface area contributed by atoms with Crippen molar-refractivity contribution in [2.45, 2.75) is 6.04 Å². The lowest BCUT2D eigenvalue weighted by Crippen LogP contribution is -2.20. The smallest absolute Gasteiger partial charge is 0.333 e. The maximum atomic E-state index is 11.6. The fourth-order valence-corrected chi connectivity index (χ4v) is 2.75. The van der Waals surface area contributed by atoms with Crippen LogP contribution in [0.3, 0.4) is 0 Å². The van der Waals surface area contributed by atoms with Gasteiger partial charge in [0.1, 0.15) is 5.52 Å². The molecule has 21 heavy (non-hydrogen) atoms. The molecule has 0 radical (unpaired) electrons. The van der Waals surface area contributed by atoms with Crippen LogP contribution < -0.4 is 0 Å². The second kappa shape index (κ2) is 5.50. The van der Waals surface area contributed by atoms with Gasteiger partial charge in [-0.3, -0.25) is 4.68 Å². The van der Waals surface area contributed by atoms with Crippen LogP contribution in [0.5, 0.6) is 0 Å². The van der Waals surface area contributed by atoms with E-state index in [-0.39, 0.29) is 0 Å². The molecule has 0 amide bonds. The van der Waals surface area contributed by atoms with Crippen LogP contribution in [0.15, 0.2) is 53.1 Å². The average Bonchev–Trinajstić information content (AvgIpc) is 2.88. The maximum Gasteiger partial charge on any atom is 0.333 e. The van der Waals surface area contributed by atoms with Crippen molar-refractivity contribution in [2.75, 3.05) is 0 Å². The zero-order chi connectivity index (χ0) is 15.0. The number of fused-ring (bicyclic) bond motifs is 1. The van der Waals surface area contributed by atoms with E-state index < -0.39 is 12.0 Å². The molecule has 1 N–H and O–H groups in total. The van der Waals surface area contributed by atoms with Crippen molar-refractivity contribution in [3.8, 4) is 0 Å². The summed E-state index contributed by atoms with van der Waals surface area (Å²) < 4.78 is 2.16. The minimum Gasteiger partial charge on any atom is -0.479 e. The quantitative estimate of drug-likeness (QED) is 0.759. The second-order valence-electron chi connectivity index (χ2n) is 4.56. The molecule has 106 valence electrons. The summed E-state index contributed by atoms with van der Waals surface area (Å²) in [5.41, 5.74) is 1.24. The lowest BCUT2D eigenvalue weighted by atomic mass is 10.1. The average molecular weight is 366 g/mol. The zero-order valence-electron chi connectivity index (χ0n) is 10.7. The van der Waals surface area contributed by atoms with E-state index in [2.05, 4.69) is 21.0 Å². The van der Waals surface area contributed by atoms with Crippen LogP contribution in [-0.4, -0.2) is 20.9 Å². The predicted molar refractivity (Wildman–Crippen MR) is 84.7 cm³/mol. The van der Waals surface area contributed by atoms with Crippen molar-refractivity contribution in [1.29, 1.82) is 0 Å². The Morgan fingerprint density at radius 2 is 1.95 bits per heavy atom. The topological polar surface area (TPSA) is 55.1 Å². The Kier molecular flexibility index (Phi) is 3.69. The lowest BCUT2D eigenvalue weighted by Gasteiger charge is -2.12. The molecule has 1 aromatic heterocycles. The molecule has 0 aliphatic carbocycles. The molecule has 1 atom stereocenters. The maximum absolute atomic E-state index is 11.6. The molecule has 0 bridgehead atoms. The number of hydrogen-bond donors (Lipinski definition) is 1. The van der Waals surface area contributed by atoms with E-state index in [4.69, 9.17) is 11.6 Å². The molecule has 0 aliphatic rings. The first kappa shape index (κ1) is 14.1. The number of carboxylic acids is 1. The molecule has 0 aliphatic heterocycles. The summed E-state index contributed by atoms with van der Waals surface area (Å²) in [4.78, 5) is 11.6. The molecule has 0 spiro atoms. The minimum absolute atomic E-state index is 0.475. The molecule has 6 heteroatoms. The molecule has 3 rings (SSSR count). The molecule has 1 heterocycles. The third kappa shape index (κ3) is 2.54. The number of aliphatic carboxylic acids is 1. The second-order valence-corrected chi connectivity index (χ2v) is 5.79. The number of hydrogen-bond acceptors (Lipinski definition) is 2. The highest BCUT2D eigenvalue weighted by Gasteiger charge is 2.23. The molecular weight excluding hydrogens is 356 g/mol. The Hall–Kier alpha value is -1.85. The first-order valence-corrected chi connectivity index (χ1v) is 7.35. The summed E-state index contributed by atoms with van der Waals surface area (Å²) >= 11 is 9.54. The molecule has 0 fully saturated rings. The van der Waals surface area contributed by atoms with Crippen LogP contribution in [0, 0.1) is 0 Å². The number of nitrogens with zero attached hydrogens (tertiary/aromatic N) is 2. The van der Waals surface area contributed by atoms with Gasteiger partial charge < -0.3 is 5.11 Å². The Bertz CT molecular complexity index is 817. The summed E-state index contributed by atoms with van der Waals surface area (Å²) in [5.74, 6) is -0.968. The van der Waals surface area contributed by atoms with Crippen LogP contribution in [0.1, 0.15) is 11.6 Å². The van der Waals surface area contributed by atoms with E-state index in [1.54, 1.807) is 30.5 Å². The number of carbonyl (C=O) groups is 1. The summed E-state index contributed by atoms with van der Waals surface area (Å²) in [6.07, 6.45) is 1.69. The third-order valence-electron chi connectivity index (χ3n) is 3.20. The summed E-state index contributed by atoms with van der Waals surface area (Å²) in [6.45, 7) is 0. The predicted octanol–water partition coefficient (Wildman–Crippen LogP) is 4.13. The van der Waals surface area contributed by atoms with E-state index in [9.17, 15) is 9.90 Å². The van der Waals surface area contributed by atoms with Gasteiger partial charge in [-0.05, 0) is 33.6 Å². The fraction of sp³-hybridized carbons (Fsp3) is 0.0667. The highest BCUT2D eigenvalue weighted by atomic mass is 79.9. The molecule has 0 saturated carbocycles. The van der Waals surface area contributed by atoms with Gasteiger partial charge in [-0.2, -0.15) is 5.10 Å². The van der Waals surface area contributed by atoms with Crippen LogP contribution in [0.2, 0.25) is 5.02 Å². The van der Waals surface area contributed by atoms with Gasteiger partial charge in [-0.1, -0.05) is 41.9 Å².